The molecular weight excluding hydrogens is 382 g/mol. The van der Waals surface area contributed by atoms with Gasteiger partial charge in [0.2, 0.25) is 0 Å². The van der Waals surface area contributed by atoms with Gasteiger partial charge in [-0.3, -0.25) is 14.3 Å². The van der Waals surface area contributed by atoms with Gasteiger partial charge in [-0.15, -0.1) is 0 Å². The molecule has 0 bridgehead atoms. The zero-order valence-electron chi connectivity index (χ0n) is 15.3. The van der Waals surface area contributed by atoms with E-state index in [1.54, 1.807) is 0 Å². The van der Waals surface area contributed by atoms with Crippen molar-refractivity contribution in [2.24, 2.45) is 0 Å². The summed E-state index contributed by atoms with van der Waals surface area (Å²) in [6.07, 6.45) is -0.109. The number of fused-ring (bicyclic) bond motifs is 2. The van der Waals surface area contributed by atoms with Crippen LogP contribution in [0.15, 0.2) is 24.3 Å². The monoisotopic (exact) mass is 401 g/mol. The number of aromatic nitrogens is 3. The highest BCUT2D eigenvalue weighted by atomic mass is 35.5. The van der Waals surface area contributed by atoms with Crippen molar-refractivity contribution in [3.05, 3.63) is 51.9 Å². The van der Waals surface area contributed by atoms with Gasteiger partial charge in [-0.05, 0) is 37.1 Å². The quantitative estimate of drug-likeness (QED) is 0.529. The maximum absolute atomic E-state index is 12.5. The Bertz CT molecular complexity index is 1070. The maximum Gasteiger partial charge on any atom is 0.271 e. The zero-order valence-corrected chi connectivity index (χ0v) is 16.0. The molecule has 4 rings (SSSR count). The second-order valence-corrected chi connectivity index (χ2v) is 7.32. The summed E-state index contributed by atoms with van der Waals surface area (Å²) < 4.78 is 1.37. The van der Waals surface area contributed by atoms with E-state index in [0.29, 0.717) is 18.0 Å². The number of carbonyl (C=O) groups excluding carboxylic acids is 2. The van der Waals surface area contributed by atoms with Crippen LogP contribution >= 0.6 is 11.6 Å². The van der Waals surface area contributed by atoms with Gasteiger partial charge in [-0.25, -0.2) is 0 Å². The Hall–Kier alpha value is -2.84. The number of rotatable bonds is 4. The highest BCUT2D eigenvalue weighted by Crippen LogP contribution is 2.25. The number of carbonyl (C=O) groups is 2. The van der Waals surface area contributed by atoms with Crippen molar-refractivity contribution < 1.29 is 14.7 Å². The van der Waals surface area contributed by atoms with E-state index in [0.717, 1.165) is 22.2 Å². The minimum Gasteiger partial charge on any atom is -0.389 e. The summed E-state index contributed by atoms with van der Waals surface area (Å²) in [5.41, 5.74) is 3.55. The summed E-state index contributed by atoms with van der Waals surface area (Å²) in [5, 5.41) is 21.1. The molecule has 3 heterocycles. The first-order valence-corrected chi connectivity index (χ1v) is 9.39. The highest BCUT2D eigenvalue weighted by Gasteiger charge is 2.24. The predicted molar refractivity (Wildman–Crippen MR) is 105 cm³/mol. The minimum atomic E-state index is -0.738. The predicted octanol–water partition coefficient (Wildman–Crippen LogP) is 1.40. The molecule has 1 unspecified atom stereocenters. The molecule has 0 saturated carbocycles. The number of hydrogen-bond acceptors (Lipinski definition) is 4. The summed E-state index contributed by atoms with van der Waals surface area (Å²) in [4.78, 5) is 27.8. The average Bonchev–Trinajstić information content (AvgIpc) is 3.17. The molecule has 2 aromatic heterocycles. The number of benzene rings is 1. The molecule has 0 aliphatic carbocycles. The highest BCUT2D eigenvalue weighted by molar-refractivity contribution is 6.31. The van der Waals surface area contributed by atoms with Crippen molar-refractivity contribution in [3.8, 4) is 0 Å². The Kier molecular flexibility index (Phi) is 4.82. The van der Waals surface area contributed by atoms with Crippen LogP contribution in [0.5, 0.6) is 0 Å². The van der Waals surface area contributed by atoms with Crippen LogP contribution in [0.25, 0.3) is 10.9 Å². The number of amides is 2. The molecule has 0 saturated heterocycles. The zero-order chi connectivity index (χ0) is 19.8. The van der Waals surface area contributed by atoms with Crippen LogP contribution in [0, 0.1) is 6.92 Å². The number of aliphatic hydroxyl groups excluding tert-OH is 1. The standard InChI is InChI=1S/C19H20ClN5O3/c1-10-13(14-6-11(20)2-3-15(14)23-10)4-5-21-18(27)16-7-17-19(28)22-8-12(26)9-25(17)24-16/h2-3,6-7,12,23,26H,4-5,8-9H2,1H3,(H,21,27)(H,22,28). The number of nitrogens with one attached hydrogen (secondary N) is 3. The number of aromatic amines is 1. The summed E-state index contributed by atoms with van der Waals surface area (Å²) >= 11 is 6.10. The van der Waals surface area contributed by atoms with Crippen molar-refractivity contribution in [2.75, 3.05) is 13.1 Å². The minimum absolute atomic E-state index is 0.151. The van der Waals surface area contributed by atoms with Crippen LogP contribution in [0.3, 0.4) is 0 Å². The molecule has 9 heteroatoms. The van der Waals surface area contributed by atoms with Crippen LogP contribution in [0.4, 0.5) is 0 Å². The first-order valence-electron chi connectivity index (χ1n) is 9.01. The lowest BCUT2D eigenvalue weighted by molar-refractivity contribution is 0.0931. The van der Waals surface area contributed by atoms with Crippen molar-refractivity contribution in [1.29, 1.82) is 0 Å². The molecule has 1 aliphatic rings. The van der Waals surface area contributed by atoms with Gasteiger partial charge in [0, 0.05) is 40.8 Å². The molecule has 0 spiro atoms. The third kappa shape index (κ3) is 3.48. The lowest BCUT2D eigenvalue weighted by Gasteiger charge is -2.06. The van der Waals surface area contributed by atoms with E-state index < -0.39 is 6.10 Å². The number of aliphatic hydroxyl groups is 1. The van der Waals surface area contributed by atoms with E-state index in [9.17, 15) is 14.7 Å². The van der Waals surface area contributed by atoms with E-state index in [2.05, 4.69) is 20.7 Å². The molecule has 4 N–H and O–H groups in total. The summed E-state index contributed by atoms with van der Waals surface area (Å²) in [6.45, 7) is 2.73. The second kappa shape index (κ2) is 7.29. The van der Waals surface area contributed by atoms with Gasteiger partial charge >= 0.3 is 0 Å². The van der Waals surface area contributed by atoms with Crippen LogP contribution in [0.2, 0.25) is 5.02 Å². The molecule has 3 aromatic rings. The Morgan fingerprint density at radius 2 is 2.25 bits per heavy atom. The topological polar surface area (TPSA) is 112 Å². The number of β-amino-alcohol motifs (C(OH)–C–C–N with tert-alkyl or cyclic N) is 1. The smallest absolute Gasteiger partial charge is 0.271 e. The number of nitrogens with zero attached hydrogens (tertiary/aromatic N) is 2. The van der Waals surface area contributed by atoms with Crippen LogP contribution in [0.1, 0.15) is 32.2 Å². The van der Waals surface area contributed by atoms with Crippen molar-refractivity contribution >= 4 is 34.3 Å². The Balaban J connectivity index is 1.45. The first kappa shape index (κ1) is 18.5. The van der Waals surface area contributed by atoms with E-state index in [1.165, 1.54) is 10.7 Å². The first-order chi connectivity index (χ1) is 13.4. The number of hydrogen-bond donors (Lipinski definition) is 4. The average molecular weight is 402 g/mol. The molecule has 0 radical (unpaired) electrons. The Morgan fingerprint density at radius 1 is 1.43 bits per heavy atom. The molecule has 146 valence electrons. The second-order valence-electron chi connectivity index (χ2n) is 6.89. The van der Waals surface area contributed by atoms with E-state index in [-0.39, 0.29) is 36.3 Å². The van der Waals surface area contributed by atoms with Crippen LogP contribution in [-0.2, 0) is 13.0 Å². The Morgan fingerprint density at radius 3 is 3.07 bits per heavy atom. The van der Waals surface area contributed by atoms with Crippen LogP contribution in [-0.4, -0.2) is 50.9 Å². The molecule has 28 heavy (non-hydrogen) atoms. The normalized spacial score (nSPS) is 16.5. The third-order valence-electron chi connectivity index (χ3n) is 4.87. The van der Waals surface area contributed by atoms with Crippen LogP contribution < -0.4 is 10.6 Å². The molecule has 8 nitrogen and oxygen atoms in total. The summed E-state index contributed by atoms with van der Waals surface area (Å²) in [5.74, 6) is -0.715. The number of halogens is 1. The largest absolute Gasteiger partial charge is 0.389 e. The van der Waals surface area contributed by atoms with Gasteiger partial charge in [-0.2, -0.15) is 5.10 Å². The summed E-state index contributed by atoms with van der Waals surface area (Å²) in [6, 6.07) is 7.12. The number of H-pyrrole nitrogens is 1. The lowest BCUT2D eigenvalue weighted by Crippen LogP contribution is -2.30. The molecule has 2 amide bonds. The van der Waals surface area contributed by atoms with Gasteiger partial charge < -0.3 is 20.7 Å². The molecular formula is C19H20ClN5O3. The van der Waals surface area contributed by atoms with Crippen molar-refractivity contribution in [2.45, 2.75) is 26.0 Å². The molecule has 1 aliphatic heterocycles. The SMILES string of the molecule is Cc1[nH]c2ccc(Cl)cc2c1CCNC(=O)c1cc2n(n1)CC(O)CNC2=O. The fourth-order valence-corrected chi connectivity index (χ4v) is 3.66. The van der Waals surface area contributed by atoms with Gasteiger partial charge in [0.25, 0.3) is 11.8 Å². The van der Waals surface area contributed by atoms with Crippen molar-refractivity contribution in [3.63, 3.8) is 0 Å². The van der Waals surface area contributed by atoms with E-state index >= 15 is 0 Å². The van der Waals surface area contributed by atoms with Crippen molar-refractivity contribution in [1.82, 2.24) is 25.4 Å². The third-order valence-corrected chi connectivity index (χ3v) is 5.10. The van der Waals surface area contributed by atoms with Gasteiger partial charge in [0.15, 0.2) is 5.69 Å². The van der Waals surface area contributed by atoms with E-state index in [1.807, 2.05) is 25.1 Å². The lowest BCUT2D eigenvalue weighted by atomic mass is 10.1. The van der Waals surface area contributed by atoms with E-state index in [4.69, 9.17) is 11.6 Å². The fraction of sp³-hybridized carbons (Fsp3) is 0.316. The maximum atomic E-state index is 12.5. The molecule has 1 aromatic carbocycles. The van der Waals surface area contributed by atoms with Gasteiger partial charge in [0.1, 0.15) is 5.69 Å². The van der Waals surface area contributed by atoms with Gasteiger partial charge in [-0.1, -0.05) is 11.6 Å². The summed E-state index contributed by atoms with van der Waals surface area (Å²) in [7, 11) is 0. The Labute approximate surface area is 165 Å². The fourth-order valence-electron chi connectivity index (χ4n) is 3.48. The molecule has 0 fully saturated rings. The van der Waals surface area contributed by atoms with Gasteiger partial charge in [0.05, 0.1) is 12.6 Å². The molecule has 1 atom stereocenters. The number of aryl methyl sites for hydroxylation is 1.